The van der Waals surface area contributed by atoms with Gasteiger partial charge in [-0.2, -0.15) is 4.72 Å². The van der Waals surface area contributed by atoms with Crippen LogP contribution >= 0.6 is 11.6 Å². The van der Waals surface area contributed by atoms with Crippen LogP contribution in [-0.4, -0.2) is 38.2 Å². The number of fused-ring (bicyclic) bond motifs is 2. The highest BCUT2D eigenvalue weighted by molar-refractivity contribution is 7.89. The Morgan fingerprint density at radius 3 is 2.66 bits per heavy atom. The Kier molecular flexibility index (Phi) is 5.19. The Morgan fingerprint density at radius 1 is 1.06 bits per heavy atom. The summed E-state index contributed by atoms with van der Waals surface area (Å²) in [6.45, 7) is 0.200. The molecule has 178 valence electrons. The molecule has 6 rings (SSSR count). The largest absolute Gasteiger partial charge is 0.308 e. The highest BCUT2D eigenvalue weighted by Crippen LogP contribution is 2.34. The van der Waals surface area contributed by atoms with Crippen LogP contribution in [0.15, 0.2) is 77.8 Å². The van der Waals surface area contributed by atoms with Crippen molar-refractivity contribution in [3.8, 4) is 0 Å². The van der Waals surface area contributed by atoms with Gasteiger partial charge in [0.15, 0.2) is 6.23 Å². The van der Waals surface area contributed by atoms with Gasteiger partial charge in [0.05, 0.1) is 10.6 Å². The average molecular weight is 512 g/mol. The molecular weight excluding hydrogens is 493 g/mol. The zero-order valence-corrected chi connectivity index (χ0v) is 19.8. The predicted octanol–water partition coefficient (Wildman–Crippen LogP) is 4.20. The molecule has 0 aromatic heterocycles. The van der Waals surface area contributed by atoms with Crippen LogP contribution in [0, 0.1) is 5.82 Å². The number of amides is 1. The summed E-state index contributed by atoms with van der Waals surface area (Å²) >= 11 is 6.00. The van der Waals surface area contributed by atoms with E-state index in [1.165, 1.54) is 23.1 Å². The number of rotatable bonds is 5. The second-order valence-corrected chi connectivity index (χ2v) is 10.7. The van der Waals surface area contributed by atoms with Crippen LogP contribution in [0.4, 0.5) is 10.1 Å². The van der Waals surface area contributed by atoms with Crippen molar-refractivity contribution in [1.82, 2.24) is 9.79 Å². The molecule has 2 fully saturated rings. The molecule has 10 heteroatoms. The Bertz CT molecular complexity index is 1560. The van der Waals surface area contributed by atoms with E-state index in [0.29, 0.717) is 16.0 Å². The van der Waals surface area contributed by atoms with E-state index in [-0.39, 0.29) is 29.8 Å². The van der Waals surface area contributed by atoms with Crippen molar-refractivity contribution >= 4 is 49.6 Å². The number of halogens is 2. The van der Waals surface area contributed by atoms with Crippen molar-refractivity contribution < 1.29 is 22.4 Å². The highest BCUT2D eigenvalue weighted by Gasteiger charge is 2.37. The van der Waals surface area contributed by atoms with Crippen molar-refractivity contribution in [3.05, 3.63) is 89.4 Å². The Balaban J connectivity index is 1.20. The first kappa shape index (κ1) is 22.2. The van der Waals surface area contributed by atoms with Crippen LogP contribution in [0.2, 0.25) is 5.02 Å². The summed E-state index contributed by atoms with van der Waals surface area (Å²) in [5, 5.41) is 3.74. The molecule has 35 heavy (non-hydrogen) atoms. The van der Waals surface area contributed by atoms with Gasteiger partial charge in [0, 0.05) is 17.8 Å². The average Bonchev–Trinajstić information content (AvgIpc) is 3.54. The third-order valence-electron chi connectivity index (χ3n) is 6.32. The van der Waals surface area contributed by atoms with Gasteiger partial charge < -0.3 is 4.90 Å². The molecule has 3 aromatic carbocycles. The van der Waals surface area contributed by atoms with E-state index < -0.39 is 27.8 Å². The molecule has 0 bridgehead atoms. The molecule has 3 heterocycles. The maximum Gasteiger partial charge on any atom is 0.245 e. The molecule has 0 spiro atoms. The van der Waals surface area contributed by atoms with Crippen LogP contribution in [0.5, 0.6) is 0 Å². The van der Waals surface area contributed by atoms with Crippen molar-refractivity contribution in [2.24, 2.45) is 0 Å². The Morgan fingerprint density at radius 2 is 1.86 bits per heavy atom. The molecule has 0 radical (unpaired) electrons. The van der Waals surface area contributed by atoms with Crippen molar-refractivity contribution in [1.29, 1.82) is 0 Å². The first-order chi connectivity index (χ1) is 16.8. The minimum atomic E-state index is -3.97. The molecule has 1 unspecified atom stereocenters. The maximum atomic E-state index is 15.0. The normalized spacial score (nSPS) is 21.4. The van der Waals surface area contributed by atoms with E-state index in [1.54, 1.807) is 47.7 Å². The topological polar surface area (TPSA) is 82.0 Å². The molecule has 7 nitrogen and oxygen atoms in total. The molecule has 0 aliphatic carbocycles. The van der Waals surface area contributed by atoms with E-state index in [4.69, 9.17) is 16.4 Å². The molecule has 3 aliphatic rings. The lowest BCUT2D eigenvalue weighted by atomic mass is 10.0. The fourth-order valence-electron chi connectivity index (χ4n) is 4.43. The first-order valence-corrected chi connectivity index (χ1v) is 12.8. The Hall–Kier alpha value is -3.24. The van der Waals surface area contributed by atoms with Crippen LogP contribution < -0.4 is 9.62 Å². The summed E-state index contributed by atoms with van der Waals surface area (Å²) in [4.78, 5) is 19.6. The van der Waals surface area contributed by atoms with E-state index in [0.717, 1.165) is 11.0 Å². The summed E-state index contributed by atoms with van der Waals surface area (Å²) in [7, 11) is -3.97. The predicted molar refractivity (Wildman–Crippen MR) is 130 cm³/mol. The second-order valence-electron chi connectivity index (χ2n) is 8.57. The molecule has 2 saturated heterocycles. The highest BCUT2D eigenvalue weighted by atomic mass is 35.5. The number of carbonyl (C=O) groups excluding carboxylic acids is 1. The van der Waals surface area contributed by atoms with E-state index in [2.05, 4.69) is 4.72 Å². The van der Waals surface area contributed by atoms with Gasteiger partial charge in [-0.3, -0.25) is 4.79 Å². The van der Waals surface area contributed by atoms with Crippen LogP contribution in [0.25, 0.3) is 16.3 Å². The van der Waals surface area contributed by atoms with Crippen LogP contribution in [0.1, 0.15) is 12.0 Å². The SMILES string of the molecule is O=C1[C@@H](NS(=O)(=O)c2ccc3cc(Cl)ccc3c2)CCN1c1ccc(C2=CC3ON3C=C2)cc1F. The number of hydrogen-bond donors (Lipinski definition) is 1. The molecular formula is C25H19ClFN3O4S. The number of anilines is 1. The standard InChI is InChI=1S/C25H19ClFN3O4S/c26-19-4-1-16-12-20(5-2-15(16)11-19)35(32,33)28-22-8-9-29(25(22)31)23-6-3-17(13-21(23)27)18-7-10-30-24(14-18)34-30/h1-7,10-14,22,24,28H,8-9H2/t22-,24?,30?/m0/s1. The number of allylic oxidation sites excluding steroid dienone is 2. The monoisotopic (exact) mass is 511 g/mol. The van der Waals surface area contributed by atoms with Gasteiger partial charge in [0.2, 0.25) is 15.9 Å². The fraction of sp³-hybridized carbons (Fsp3) is 0.160. The number of benzene rings is 3. The Labute approximate surface area is 206 Å². The third kappa shape index (κ3) is 4.10. The van der Waals surface area contributed by atoms with Crippen molar-refractivity contribution in [3.63, 3.8) is 0 Å². The van der Waals surface area contributed by atoms with E-state index in [1.807, 2.05) is 12.2 Å². The lowest BCUT2D eigenvalue weighted by molar-refractivity contribution is -0.118. The summed E-state index contributed by atoms with van der Waals surface area (Å²) in [6, 6.07) is 13.5. The first-order valence-electron chi connectivity index (χ1n) is 11.0. The number of hydrogen-bond acceptors (Lipinski definition) is 5. The van der Waals surface area contributed by atoms with Crippen LogP contribution in [-0.2, 0) is 19.7 Å². The lowest BCUT2D eigenvalue weighted by Gasteiger charge is -2.19. The van der Waals surface area contributed by atoms with Crippen molar-refractivity contribution in [2.75, 3.05) is 11.4 Å². The quantitative estimate of drug-likeness (QED) is 0.519. The summed E-state index contributed by atoms with van der Waals surface area (Å²) < 4.78 is 43.5. The smallest absolute Gasteiger partial charge is 0.245 e. The number of hydroxylamine groups is 2. The maximum absolute atomic E-state index is 15.0. The molecule has 1 N–H and O–H groups in total. The van der Waals surface area contributed by atoms with Gasteiger partial charge in [-0.1, -0.05) is 29.8 Å². The molecule has 3 aromatic rings. The van der Waals surface area contributed by atoms with Gasteiger partial charge in [-0.15, -0.1) is 0 Å². The summed E-state index contributed by atoms with van der Waals surface area (Å²) in [5.41, 5.74) is 1.61. The van der Waals surface area contributed by atoms with Crippen molar-refractivity contribution in [2.45, 2.75) is 23.6 Å². The zero-order valence-electron chi connectivity index (χ0n) is 18.2. The minimum absolute atomic E-state index is 0.0427. The third-order valence-corrected chi connectivity index (χ3v) is 8.02. The number of nitrogens with zero attached hydrogens (tertiary/aromatic N) is 2. The molecule has 3 aliphatic heterocycles. The van der Waals surface area contributed by atoms with Gasteiger partial charge >= 0.3 is 0 Å². The zero-order chi connectivity index (χ0) is 24.3. The molecule has 1 amide bonds. The summed E-state index contributed by atoms with van der Waals surface area (Å²) in [5.74, 6) is -1.05. The molecule has 2 atom stereocenters. The summed E-state index contributed by atoms with van der Waals surface area (Å²) in [6.07, 6.45) is 5.59. The number of sulfonamides is 1. The van der Waals surface area contributed by atoms with Gasteiger partial charge in [0.1, 0.15) is 11.9 Å². The van der Waals surface area contributed by atoms with E-state index in [9.17, 15) is 13.2 Å². The van der Waals surface area contributed by atoms with E-state index >= 15 is 4.39 Å². The lowest BCUT2D eigenvalue weighted by Crippen LogP contribution is -2.41. The number of carbonyl (C=O) groups is 1. The fourth-order valence-corrected chi connectivity index (χ4v) is 5.87. The van der Waals surface area contributed by atoms with Crippen LogP contribution in [0.3, 0.4) is 0 Å². The number of nitrogens with one attached hydrogen (secondary N) is 1. The van der Waals surface area contributed by atoms with Gasteiger partial charge in [-0.25, -0.2) is 22.7 Å². The second kappa shape index (κ2) is 8.17. The van der Waals surface area contributed by atoms with Gasteiger partial charge in [-0.05, 0) is 76.9 Å². The van der Waals surface area contributed by atoms with Gasteiger partial charge in [0.25, 0.3) is 0 Å². The molecule has 0 saturated carbocycles. The minimum Gasteiger partial charge on any atom is -0.308 e.